The summed E-state index contributed by atoms with van der Waals surface area (Å²) in [5.41, 5.74) is 8.27. The van der Waals surface area contributed by atoms with Gasteiger partial charge in [0.05, 0.1) is 11.4 Å². The van der Waals surface area contributed by atoms with Gasteiger partial charge in [-0.25, -0.2) is 0 Å². The second kappa shape index (κ2) is 6.36. The molecular weight excluding hydrogens is 313 g/mol. The molecule has 0 heterocycles. The van der Waals surface area contributed by atoms with Crippen molar-refractivity contribution in [2.24, 2.45) is 5.73 Å². The largest absolute Gasteiger partial charge is 0.324 e. The maximum atomic E-state index is 8.30. The number of fused-ring (bicyclic) bond motifs is 1. The second-order valence-electron chi connectivity index (χ2n) is 4.61. The first-order chi connectivity index (χ1) is 10.2. The van der Waals surface area contributed by atoms with Crippen molar-refractivity contribution in [2.75, 3.05) is 0 Å². The molecule has 0 spiro atoms. The van der Waals surface area contributed by atoms with E-state index in [1.807, 2.05) is 18.2 Å². The molecule has 0 radical (unpaired) electrons. The van der Waals surface area contributed by atoms with E-state index >= 15 is 0 Å². The van der Waals surface area contributed by atoms with Gasteiger partial charge in [0.1, 0.15) is 0 Å². The lowest BCUT2D eigenvalue weighted by molar-refractivity contribution is 0.530. The minimum Gasteiger partial charge on any atom is -0.324 e. The molecule has 0 saturated carbocycles. The van der Waals surface area contributed by atoms with Crippen LogP contribution >= 0.6 is 35.6 Å². The van der Waals surface area contributed by atoms with Crippen LogP contribution < -0.4 is 5.73 Å². The summed E-state index contributed by atoms with van der Waals surface area (Å²) in [5, 5.41) is 0.902. The van der Waals surface area contributed by atoms with Crippen molar-refractivity contribution in [1.29, 1.82) is 0 Å². The summed E-state index contributed by atoms with van der Waals surface area (Å²) >= 11 is 12.1. The molecule has 0 bridgehead atoms. The summed E-state index contributed by atoms with van der Waals surface area (Å²) in [6.07, 6.45) is -1.72. The highest BCUT2D eigenvalue weighted by atomic mass is 35.5. The van der Waals surface area contributed by atoms with Gasteiger partial charge in [0.25, 0.3) is 0 Å². The maximum Gasteiger partial charge on any atom is 0.0595 e. The van der Waals surface area contributed by atoms with Crippen LogP contribution in [0.2, 0.25) is 10.0 Å². The molecule has 3 rings (SSSR count). The Kier molecular flexibility index (Phi) is 3.78. The second-order valence-corrected chi connectivity index (χ2v) is 5.42. The van der Waals surface area contributed by atoms with E-state index in [9.17, 15) is 0 Å². The quantitative estimate of drug-likeness (QED) is 0.750. The van der Waals surface area contributed by atoms with Gasteiger partial charge in [0.2, 0.25) is 0 Å². The van der Waals surface area contributed by atoms with Crippen molar-refractivity contribution >= 4 is 35.6 Å². The minimum atomic E-state index is -1.85. The Hall–Kier alpha value is -0.730. The lowest BCUT2D eigenvalue weighted by Gasteiger charge is -2.30. The van der Waals surface area contributed by atoms with Gasteiger partial charge in [-0.3, -0.25) is 0 Å². The normalized spacial score (nSPS) is 29.4. The van der Waals surface area contributed by atoms with Gasteiger partial charge >= 0.3 is 0 Å². The average molecular weight is 332 g/mol. The topological polar surface area (TPSA) is 26.0 Å². The van der Waals surface area contributed by atoms with Crippen molar-refractivity contribution < 1.29 is 4.11 Å². The highest BCUT2D eigenvalue weighted by molar-refractivity contribution is 6.42. The van der Waals surface area contributed by atoms with E-state index in [-0.39, 0.29) is 24.7 Å². The van der Waals surface area contributed by atoms with Crippen LogP contribution in [-0.4, -0.2) is 0 Å². The lowest BCUT2D eigenvalue weighted by atomic mass is 9.77. The molecule has 1 nitrogen and oxygen atoms in total. The minimum absolute atomic E-state index is 0. The number of rotatable bonds is 1. The molecule has 2 N–H and O–H groups in total. The Balaban J connectivity index is 0.00000192. The van der Waals surface area contributed by atoms with Crippen LogP contribution in [0, 0.1) is 0 Å². The highest BCUT2D eigenvalue weighted by Crippen LogP contribution is 2.41. The fourth-order valence-electron chi connectivity index (χ4n) is 2.49. The molecule has 106 valence electrons. The van der Waals surface area contributed by atoms with Crippen LogP contribution in [0.4, 0.5) is 0 Å². The molecule has 1 aliphatic carbocycles. The van der Waals surface area contributed by atoms with E-state index in [1.54, 1.807) is 24.3 Å². The summed E-state index contributed by atoms with van der Waals surface area (Å²) in [6.45, 7) is 0. The van der Waals surface area contributed by atoms with E-state index in [0.717, 1.165) is 11.1 Å². The molecule has 2 atom stereocenters. The van der Waals surface area contributed by atoms with Crippen LogP contribution in [0.1, 0.15) is 45.5 Å². The number of hydrogen-bond acceptors (Lipinski definition) is 1. The van der Waals surface area contributed by atoms with Gasteiger partial charge in [-0.15, -0.1) is 12.4 Å². The van der Waals surface area contributed by atoms with E-state index < -0.39 is 12.4 Å². The van der Waals surface area contributed by atoms with E-state index in [0.29, 0.717) is 15.6 Å². The van der Waals surface area contributed by atoms with Crippen molar-refractivity contribution in [3.05, 3.63) is 69.2 Å². The van der Waals surface area contributed by atoms with Gasteiger partial charge in [0.15, 0.2) is 0 Å². The van der Waals surface area contributed by atoms with Gasteiger partial charge in [-0.05, 0) is 41.6 Å². The standard InChI is InChI=1S/C16H15Cl2N.ClH/c17-14-7-5-10(9-15(14)18)11-6-8-16(19)13-4-2-1-3-12(11)13;/h1-5,7,9,11,16H,6,8,19H2;1H/t11-,16-;/m1./s1/i8D2,16D;. The van der Waals surface area contributed by atoms with Gasteiger partial charge in [0, 0.05) is 14.7 Å². The molecule has 4 heteroatoms. The summed E-state index contributed by atoms with van der Waals surface area (Å²) in [6, 6.07) is 10.8. The Bertz CT molecular complexity index is 734. The van der Waals surface area contributed by atoms with E-state index in [4.69, 9.17) is 33.0 Å². The SMILES string of the molecule is Cl.[2H]C1([2H])C[C@H](c2ccc(Cl)c(Cl)c2)c2ccccc2[C@]1([2H])N. The molecule has 2 aromatic rings. The van der Waals surface area contributed by atoms with Crippen LogP contribution in [0.25, 0.3) is 0 Å². The van der Waals surface area contributed by atoms with Gasteiger partial charge < -0.3 is 5.73 Å². The molecular formula is C16H16Cl3N. The van der Waals surface area contributed by atoms with Crippen molar-refractivity contribution in [1.82, 2.24) is 0 Å². The average Bonchev–Trinajstić information content (AvgIpc) is 2.46. The van der Waals surface area contributed by atoms with Crippen LogP contribution in [0.15, 0.2) is 42.5 Å². The van der Waals surface area contributed by atoms with Crippen molar-refractivity contribution in [2.45, 2.75) is 24.7 Å². The first-order valence-corrected chi connectivity index (χ1v) is 6.83. The first-order valence-electron chi connectivity index (χ1n) is 7.57. The van der Waals surface area contributed by atoms with Crippen LogP contribution in [0.5, 0.6) is 0 Å². The zero-order valence-corrected chi connectivity index (χ0v) is 12.9. The Morgan fingerprint density at radius 2 is 1.80 bits per heavy atom. The van der Waals surface area contributed by atoms with E-state index in [1.165, 1.54) is 0 Å². The monoisotopic (exact) mass is 330 g/mol. The zero-order chi connectivity index (χ0) is 16.1. The summed E-state index contributed by atoms with van der Waals surface area (Å²) in [5.74, 6) is -0.206. The fourth-order valence-corrected chi connectivity index (χ4v) is 2.80. The fraction of sp³-hybridized carbons (Fsp3) is 0.250. The van der Waals surface area contributed by atoms with Crippen LogP contribution in [0.3, 0.4) is 0 Å². The molecule has 0 saturated heterocycles. The maximum absolute atomic E-state index is 8.30. The van der Waals surface area contributed by atoms with Crippen molar-refractivity contribution in [3.8, 4) is 0 Å². The molecule has 0 amide bonds. The molecule has 20 heavy (non-hydrogen) atoms. The Labute approximate surface area is 139 Å². The molecule has 2 aromatic carbocycles. The van der Waals surface area contributed by atoms with Gasteiger partial charge in [-0.2, -0.15) is 0 Å². The van der Waals surface area contributed by atoms with Crippen LogP contribution in [-0.2, 0) is 0 Å². The molecule has 0 aromatic heterocycles. The summed E-state index contributed by atoms with van der Waals surface area (Å²) in [4.78, 5) is 0. The van der Waals surface area contributed by atoms with Crippen molar-refractivity contribution in [3.63, 3.8) is 0 Å². The smallest absolute Gasteiger partial charge is 0.0595 e. The summed E-state index contributed by atoms with van der Waals surface area (Å²) < 4.78 is 24.8. The summed E-state index contributed by atoms with van der Waals surface area (Å²) in [7, 11) is 0. The Morgan fingerprint density at radius 1 is 1.10 bits per heavy atom. The Morgan fingerprint density at radius 3 is 2.50 bits per heavy atom. The highest BCUT2D eigenvalue weighted by Gasteiger charge is 2.26. The molecule has 1 aliphatic rings. The zero-order valence-electron chi connectivity index (χ0n) is 13.6. The predicted molar refractivity (Wildman–Crippen MR) is 88.2 cm³/mol. The number of hydrogen-bond donors (Lipinski definition) is 1. The third kappa shape index (κ3) is 2.82. The third-order valence-corrected chi connectivity index (χ3v) is 4.21. The van der Waals surface area contributed by atoms with E-state index in [2.05, 4.69) is 0 Å². The third-order valence-electron chi connectivity index (χ3n) is 3.47. The number of benzene rings is 2. The van der Waals surface area contributed by atoms with Gasteiger partial charge in [-0.1, -0.05) is 53.5 Å². The number of nitrogens with two attached hydrogens (primary N) is 1. The lowest BCUT2D eigenvalue weighted by Crippen LogP contribution is -2.20. The number of halogens is 3. The molecule has 0 unspecified atom stereocenters. The first kappa shape index (κ1) is 11.9. The predicted octanol–water partition coefficient (Wildman–Crippen LogP) is 5.34. The molecule has 0 aliphatic heterocycles. The molecule has 0 fully saturated rings.